The van der Waals surface area contributed by atoms with E-state index >= 15 is 0 Å². The molecule has 1 heteroatoms. The maximum atomic E-state index is 2.25. The molecule has 0 fully saturated rings. The first-order chi connectivity index (χ1) is 14.4. The van der Waals surface area contributed by atoms with Crippen molar-refractivity contribution in [2.45, 2.75) is 27.7 Å². The summed E-state index contributed by atoms with van der Waals surface area (Å²) in [5.74, 6) is 0. The van der Waals surface area contributed by atoms with Crippen LogP contribution in [0.15, 0.2) is 84.9 Å². The average Bonchev–Trinajstić information content (AvgIpc) is 2.72. The van der Waals surface area contributed by atoms with Gasteiger partial charge in [0.2, 0.25) is 0 Å². The maximum Gasteiger partial charge on any atom is 0.0408 e. The first-order valence-corrected chi connectivity index (χ1v) is 10.5. The highest BCUT2D eigenvalue weighted by molar-refractivity contribution is 5.72. The van der Waals surface area contributed by atoms with E-state index in [0.29, 0.717) is 0 Å². The van der Waals surface area contributed by atoms with Gasteiger partial charge in [0, 0.05) is 18.4 Å². The fraction of sp³-hybridized carbons (Fsp3) is 0.172. The third-order valence-corrected chi connectivity index (χ3v) is 5.62. The molecule has 4 aromatic rings. The topological polar surface area (TPSA) is 3.24 Å². The second-order valence-corrected chi connectivity index (χ2v) is 8.41. The van der Waals surface area contributed by atoms with Gasteiger partial charge in [-0.05, 0) is 74.2 Å². The van der Waals surface area contributed by atoms with Crippen LogP contribution in [0.3, 0.4) is 0 Å². The Hall–Kier alpha value is -3.32. The molecular weight excluding hydrogens is 362 g/mol. The molecule has 0 saturated carbocycles. The first kappa shape index (κ1) is 20.0. The molecule has 0 unspecified atom stereocenters. The Kier molecular flexibility index (Phi) is 5.46. The van der Waals surface area contributed by atoms with E-state index < -0.39 is 0 Å². The number of rotatable bonds is 4. The molecule has 0 aliphatic rings. The Balaban J connectivity index is 1.56. The zero-order valence-electron chi connectivity index (χ0n) is 18.5. The van der Waals surface area contributed by atoms with E-state index in [1.165, 1.54) is 55.9 Å². The number of hydrogen-bond donors (Lipinski definition) is 0. The third-order valence-electron chi connectivity index (χ3n) is 5.62. The molecule has 0 aliphatic carbocycles. The zero-order chi connectivity index (χ0) is 21.3. The number of aryl methyl sites for hydroxylation is 4. The highest BCUT2D eigenvalue weighted by Crippen LogP contribution is 2.30. The average molecular weight is 392 g/mol. The van der Waals surface area contributed by atoms with Crippen LogP contribution < -0.4 is 4.90 Å². The van der Waals surface area contributed by atoms with E-state index in [9.17, 15) is 0 Å². The van der Waals surface area contributed by atoms with Crippen LogP contribution in [0.4, 0.5) is 11.4 Å². The van der Waals surface area contributed by atoms with E-state index in [4.69, 9.17) is 0 Å². The van der Waals surface area contributed by atoms with Crippen molar-refractivity contribution in [3.8, 4) is 22.3 Å². The van der Waals surface area contributed by atoms with Crippen molar-refractivity contribution in [2.75, 3.05) is 11.9 Å². The summed E-state index contributed by atoms with van der Waals surface area (Å²) in [6.45, 7) is 8.61. The van der Waals surface area contributed by atoms with E-state index in [-0.39, 0.29) is 0 Å². The van der Waals surface area contributed by atoms with Gasteiger partial charge in [-0.2, -0.15) is 0 Å². The standard InChI is InChI=1S/C29H29N/c1-20-14-21(2)17-26(16-20)24-6-10-28(11-7-24)30(5)29-12-8-25(9-13-29)27-18-22(3)15-23(4)19-27/h6-19H,1-5H3. The lowest BCUT2D eigenvalue weighted by molar-refractivity contribution is 1.21. The summed E-state index contributed by atoms with van der Waals surface area (Å²) in [6.07, 6.45) is 0. The van der Waals surface area contributed by atoms with Gasteiger partial charge >= 0.3 is 0 Å². The fourth-order valence-corrected chi connectivity index (χ4v) is 4.19. The van der Waals surface area contributed by atoms with Gasteiger partial charge in [-0.15, -0.1) is 0 Å². The van der Waals surface area contributed by atoms with Crippen molar-refractivity contribution in [2.24, 2.45) is 0 Å². The summed E-state index contributed by atoms with van der Waals surface area (Å²) in [6, 6.07) is 31.1. The SMILES string of the molecule is Cc1cc(C)cc(-c2ccc(N(C)c3ccc(-c4cc(C)cc(C)c4)cc3)cc2)c1. The van der Waals surface area contributed by atoms with Crippen molar-refractivity contribution in [3.63, 3.8) is 0 Å². The smallest absolute Gasteiger partial charge is 0.0408 e. The van der Waals surface area contributed by atoms with Crippen molar-refractivity contribution in [1.29, 1.82) is 0 Å². The van der Waals surface area contributed by atoms with Crippen LogP contribution in [0.1, 0.15) is 22.3 Å². The summed E-state index contributed by atoms with van der Waals surface area (Å²) in [5, 5.41) is 0. The van der Waals surface area contributed by atoms with Gasteiger partial charge in [0.1, 0.15) is 0 Å². The minimum atomic E-state index is 1.18. The Morgan fingerprint density at radius 2 is 0.700 bits per heavy atom. The van der Waals surface area contributed by atoms with Gasteiger partial charge in [-0.3, -0.25) is 0 Å². The van der Waals surface area contributed by atoms with E-state index in [1.54, 1.807) is 0 Å². The predicted molar refractivity (Wildman–Crippen MR) is 131 cm³/mol. The molecule has 0 N–H and O–H groups in total. The number of anilines is 2. The highest BCUT2D eigenvalue weighted by atomic mass is 15.1. The van der Waals surface area contributed by atoms with E-state index in [0.717, 1.165) is 0 Å². The van der Waals surface area contributed by atoms with E-state index in [1.807, 2.05) is 0 Å². The summed E-state index contributed by atoms with van der Waals surface area (Å²) in [5.41, 5.74) is 12.6. The van der Waals surface area contributed by atoms with Crippen LogP contribution in [0.2, 0.25) is 0 Å². The number of hydrogen-bond acceptors (Lipinski definition) is 1. The van der Waals surface area contributed by atoms with E-state index in [2.05, 4.69) is 125 Å². The van der Waals surface area contributed by atoms with Crippen molar-refractivity contribution in [3.05, 3.63) is 107 Å². The zero-order valence-corrected chi connectivity index (χ0v) is 18.5. The minimum absolute atomic E-state index is 1.18. The Morgan fingerprint density at radius 1 is 0.400 bits per heavy atom. The number of nitrogens with zero attached hydrogens (tertiary/aromatic N) is 1. The third kappa shape index (κ3) is 4.31. The largest absolute Gasteiger partial charge is 0.345 e. The van der Waals surface area contributed by atoms with Crippen LogP contribution >= 0.6 is 0 Å². The lowest BCUT2D eigenvalue weighted by Crippen LogP contribution is -2.08. The molecule has 0 spiro atoms. The molecule has 0 aromatic heterocycles. The molecule has 4 aromatic carbocycles. The van der Waals surface area contributed by atoms with Gasteiger partial charge in [0.05, 0.1) is 0 Å². The monoisotopic (exact) mass is 391 g/mol. The Morgan fingerprint density at radius 3 is 1.00 bits per heavy atom. The summed E-state index contributed by atoms with van der Waals surface area (Å²) in [4.78, 5) is 2.23. The van der Waals surface area contributed by atoms with Crippen LogP contribution in [-0.4, -0.2) is 7.05 Å². The molecule has 0 atom stereocenters. The van der Waals surface area contributed by atoms with Crippen LogP contribution in [0.5, 0.6) is 0 Å². The highest BCUT2D eigenvalue weighted by Gasteiger charge is 2.07. The summed E-state index contributed by atoms with van der Waals surface area (Å²) in [7, 11) is 2.12. The number of benzene rings is 4. The Labute approximate surface area is 180 Å². The van der Waals surface area contributed by atoms with Gasteiger partial charge in [0.25, 0.3) is 0 Å². The van der Waals surface area contributed by atoms with Gasteiger partial charge < -0.3 is 4.90 Å². The lowest BCUT2D eigenvalue weighted by atomic mass is 10.00. The summed E-state index contributed by atoms with van der Waals surface area (Å²) >= 11 is 0. The molecule has 0 saturated heterocycles. The Bertz CT molecular complexity index is 1030. The molecular formula is C29H29N. The van der Waals surface area contributed by atoms with Crippen LogP contribution in [0.25, 0.3) is 22.3 Å². The molecule has 0 bridgehead atoms. The summed E-state index contributed by atoms with van der Waals surface area (Å²) < 4.78 is 0. The van der Waals surface area contributed by atoms with Crippen molar-refractivity contribution < 1.29 is 0 Å². The van der Waals surface area contributed by atoms with Crippen molar-refractivity contribution in [1.82, 2.24) is 0 Å². The molecule has 150 valence electrons. The van der Waals surface area contributed by atoms with Gasteiger partial charge in [0.15, 0.2) is 0 Å². The molecule has 0 aliphatic heterocycles. The predicted octanol–water partition coefficient (Wildman–Crippen LogP) is 8.02. The molecule has 4 rings (SSSR count). The first-order valence-electron chi connectivity index (χ1n) is 10.5. The second-order valence-electron chi connectivity index (χ2n) is 8.41. The van der Waals surface area contributed by atoms with Crippen molar-refractivity contribution >= 4 is 11.4 Å². The molecule has 0 radical (unpaired) electrons. The van der Waals surface area contributed by atoms with Gasteiger partial charge in [-0.25, -0.2) is 0 Å². The maximum absolute atomic E-state index is 2.25. The molecule has 0 heterocycles. The lowest BCUT2D eigenvalue weighted by Gasteiger charge is -2.20. The van der Waals surface area contributed by atoms with Crippen LogP contribution in [0, 0.1) is 27.7 Å². The quantitative estimate of drug-likeness (QED) is 0.340. The van der Waals surface area contributed by atoms with Crippen LogP contribution in [-0.2, 0) is 0 Å². The minimum Gasteiger partial charge on any atom is -0.345 e. The molecule has 1 nitrogen and oxygen atoms in total. The molecule has 0 amide bonds. The molecule has 30 heavy (non-hydrogen) atoms. The second kappa shape index (κ2) is 8.20. The van der Waals surface area contributed by atoms with Gasteiger partial charge in [-0.1, -0.05) is 82.9 Å². The fourth-order valence-electron chi connectivity index (χ4n) is 4.19. The normalized spacial score (nSPS) is 10.8.